The second kappa shape index (κ2) is 10.1. The molecule has 6 nitrogen and oxygen atoms in total. The molecular formula is C21H45O6PS4. The summed E-state index contributed by atoms with van der Waals surface area (Å²) in [5.74, 6) is 0. The van der Waals surface area contributed by atoms with Crippen LogP contribution >= 0.6 is 18.2 Å². The van der Waals surface area contributed by atoms with E-state index in [-0.39, 0.29) is 0 Å². The van der Waals surface area contributed by atoms with Gasteiger partial charge in [0.15, 0.2) is 0 Å². The Hall–Kier alpha value is 0.950. The van der Waals surface area contributed by atoms with Gasteiger partial charge in [0.1, 0.15) is 9.87 Å². The molecule has 0 bridgehead atoms. The summed E-state index contributed by atoms with van der Waals surface area (Å²) >= 11 is 0.836. The van der Waals surface area contributed by atoms with Crippen LogP contribution < -0.4 is 0 Å². The molecule has 0 amide bonds. The van der Waals surface area contributed by atoms with Crippen LogP contribution in [0.3, 0.4) is 0 Å². The first-order valence-electron chi connectivity index (χ1n) is 10.6. The van der Waals surface area contributed by atoms with E-state index in [0.29, 0.717) is 0 Å². The van der Waals surface area contributed by atoms with Gasteiger partial charge < -0.3 is 0 Å². The molecule has 0 aromatic heterocycles. The van der Waals surface area contributed by atoms with Crippen molar-refractivity contribution in [1.82, 2.24) is 0 Å². The summed E-state index contributed by atoms with van der Waals surface area (Å²) in [4.78, 5) is -2.67. The van der Waals surface area contributed by atoms with Crippen molar-refractivity contribution in [3.05, 3.63) is 0 Å². The molecule has 0 aliphatic carbocycles. The third-order valence-electron chi connectivity index (χ3n) is 4.00. The molecule has 0 aliphatic rings. The topological polar surface area (TPSA) is 86.7 Å². The summed E-state index contributed by atoms with van der Waals surface area (Å²) < 4.78 is 63.0. The average molecular weight is 553 g/mol. The van der Waals surface area contributed by atoms with Crippen molar-refractivity contribution in [3.63, 3.8) is 0 Å². The highest BCUT2D eigenvalue weighted by molar-refractivity contribution is 8.58. The number of rotatable bonds is 9. The Morgan fingerprint density at radius 2 is 0.781 bits per heavy atom. The lowest BCUT2D eigenvalue weighted by Crippen LogP contribution is -2.43. The molecule has 0 aliphatic heterocycles. The molecule has 0 N–H and O–H groups in total. The minimum atomic E-state index is -4.12. The van der Waals surface area contributed by atoms with Gasteiger partial charge in [-0.15, -0.1) is 0 Å². The summed E-state index contributed by atoms with van der Waals surface area (Å²) in [6.07, 6.45) is 0. The highest BCUT2D eigenvalue weighted by Crippen LogP contribution is 2.70. The summed E-state index contributed by atoms with van der Waals surface area (Å²) in [6, 6.07) is 0. The van der Waals surface area contributed by atoms with Gasteiger partial charge in [-0.3, -0.25) is 21.7 Å². The molecule has 3 atom stereocenters. The van der Waals surface area contributed by atoms with Crippen LogP contribution in [0.25, 0.3) is 0 Å². The third kappa shape index (κ3) is 9.19. The van der Waals surface area contributed by atoms with Crippen LogP contribution in [-0.4, -0.2) is 40.8 Å². The molecule has 194 valence electrons. The maximum absolute atomic E-state index is 14.3. The van der Waals surface area contributed by atoms with Crippen LogP contribution in [0.5, 0.6) is 0 Å². The van der Waals surface area contributed by atoms with Crippen molar-refractivity contribution in [1.29, 1.82) is 0 Å². The van der Waals surface area contributed by atoms with Gasteiger partial charge in [0.25, 0.3) is 0 Å². The molecule has 0 fully saturated rings. The van der Waals surface area contributed by atoms with Gasteiger partial charge in [0.05, 0.1) is 25.7 Å². The van der Waals surface area contributed by atoms with Crippen molar-refractivity contribution >= 4 is 50.6 Å². The van der Waals surface area contributed by atoms with E-state index in [2.05, 4.69) is 0 Å². The van der Waals surface area contributed by atoms with Gasteiger partial charge in [0.2, 0.25) is 0 Å². The fourth-order valence-corrected chi connectivity index (χ4v) is 16.2. The molecule has 0 aromatic carbocycles. The van der Waals surface area contributed by atoms with Crippen LogP contribution in [0.15, 0.2) is 0 Å². The minimum absolute atomic E-state index is 0.575. The molecule has 11 heteroatoms. The second-order valence-electron chi connectivity index (χ2n) is 12.1. The van der Waals surface area contributed by atoms with E-state index in [0.717, 1.165) is 11.4 Å². The predicted octanol–water partition coefficient (Wildman–Crippen LogP) is 6.71. The smallest absolute Gasteiger partial charge is 0.281 e. The lowest BCUT2D eigenvalue weighted by molar-refractivity contribution is 0.117. The maximum Gasteiger partial charge on any atom is 0.393 e. The van der Waals surface area contributed by atoms with Gasteiger partial charge in [-0.25, -0.2) is 4.57 Å². The molecule has 0 spiro atoms. The molecule has 0 heterocycles. The van der Waals surface area contributed by atoms with Crippen molar-refractivity contribution in [2.75, 3.05) is 0 Å². The Morgan fingerprint density at radius 3 is 1.00 bits per heavy atom. The lowest BCUT2D eigenvalue weighted by atomic mass is 10.3. The first-order chi connectivity index (χ1) is 13.6. The Morgan fingerprint density at radius 1 is 0.531 bits per heavy atom. The summed E-state index contributed by atoms with van der Waals surface area (Å²) in [6.45, 7) is 22.1. The van der Waals surface area contributed by atoms with E-state index in [4.69, 9.17) is 9.05 Å². The Labute approximate surface area is 208 Å². The van der Waals surface area contributed by atoms with E-state index in [1.165, 1.54) is 0 Å². The zero-order valence-corrected chi connectivity index (χ0v) is 26.7. The van der Waals surface area contributed by atoms with Crippen LogP contribution in [0.1, 0.15) is 104 Å². The summed E-state index contributed by atoms with van der Waals surface area (Å²) in [7, 11) is -4.52. The van der Waals surface area contributed by atoms with Gasteiger partial charge in [-0.2, -0.15) is 0 Å². The fraction of sp³-hybridized carbons (Fsp3) is 1.00. The van der Waals surface area contributed by atoms with Crippen LogP contribution in [0.2, 0.25) is 0 Å². The molecule has 0 saturated carbocycles. The Bertz CT molecular complexity index is 694. The van der Waals surface area contributed by atoms with Gasteiger partial charge >= 0.3 is 6.80 Å². The van der Waals surface area contributed by atoms with Gasteiger partial charge in [0, 0.05) is 25.0 Å². The number of hydrogen-bond donors (Lipinski definition) is 0. The third-order valence-corrected chi connectivity index (χ3v) is 16.0. The maximum atomic E-state index is 14.3. The second-order valence-corrected chi connectivity index (χ2v) is 24.9. The first kappa shape index (κ1) is 33.0. The highest BCUT2D eigenvalue weighted by atomic mass is 32.7. The molecule has 0 saturated heterocycles. The van der Waals surface area contributed by atoms with Crippen molar-refractivity contribution in [3.8, 4) is 0 Å². The van der Waals surface area contributed by atoms with E-state index in [1.54, 1.807) is 41.5 Å². The largest absolute Gasteiger partial charge is 0.393 e. The average Bonchev–Trinajstić information content (AvgIpc) is 2.47. The van der Waals surface area contributed by atoms with Gasteiger partial charge in [-0.05, 0) is 115 Å². The van der Waals surface area contributed by atoms with Crippen molar-refractivity contribution in [2.45, 2.75) is 132 Å². The molecule has 0 rings (SSSR count). The Kier molecular flexibility index (Phi) is 10.4. The van der Waals surface area contributed by atoms with E-state index in [9.17, 15) is 17.2 Å². The Balaban J connectivity index is 6.49. The minimum Gasteiger partial charge on any atom is -0.281 e. The van der Waals surface area contributed by atoms with Crippen LogP contribution in [0, 0.1) is 0 Å². The first-order valence-corrected chi connectivity index (χ1v) is 17.0. The van der Waals surface area contributed by atoms with Gasteiger partial charge in [-0.1, -0.05) is 0 Å². The number of hydrogen-bond acceptors (Lipinski definition) is 7. The highest BCUT2D eigenvalue weighted by Gasteiger charge is 2.51. The van der Waals surface area contributed by atoms with Crippen LogP contribution in [0.4, 0.5) is 0 Å². The molecular weight excluding hydrogens is 507 g/mol. The zero-order chi connectivity index (χ0) is 26.4. The molecule has 0 aromatic rings. The quantitative estimate of drug-likeness (QED) is 0.294. The van der Waals surface area contributed by atoms with E-state index >= 15 is 0 Å². The van der Waals surface area contributed by atoms with Crippen molar-refractivity contribution < 1.29 is 26.2 Å². The summed E-state index contributed by atoms with van der Waals surface area (Å²) in [5.41, 5.74) is 0. The van der Waals surface area contributed by atoms with E-state index < -0.39 is 67.4 Å². The van der Waals surface area contributed by atoms with E-state index in [1.807, 2.05) is 62.3 Å². The van der Waals surface area contributed by atoms with Crippen molar-refractivity contribution in [2.24, 2.45) is 0 Å². The molecule has 0 radical (unpaired) electrons. The molecule has 32 heavy (non-hydrogen) atoms. The standard InChI is InChI=1S/C21H45O6PS4/c1-16(2,3)30(23)19(10,11)26-28(22,27-20(12,13)31(24)17(4,5)6)29-21(14,15)32(25)18(7,8)9/h1-15H3. The monoisotopic (exact) mass is 552 g/mol. The zero-order valence-electron chi connectivity index (χ0n) is 22.5. The summed E-state index contributed by atoms with van der Waals surface area (Å²) in [5, 5.41) is 0. The SMILES string of the molecule is CC(C)(C)S(=O)C(C)(C)OP(=O)(OC(C)(C)S(=O)C(C)(C)C)SC(C)(C)S(=O)C(C)(C)C. The lowest BCUT2D eigenvalue weighted by Gasteiger charge is -2.40. The predicted molar refractivity (Wildman–Crippen MR) is 143 cm³/mol. The fourth-order valence-electron chi connectivity index (χ4n) is 3.18. The normalized spacial score (nSPS) is 19.8. The molecule has 3 unspecified atom stereocenters. The van der Waals surface area contributed by atoms with Crippen LogP contribution in [-0.2, 0) is 46.0 Å².